The Hall–Kier alpha value is -1.63. The second kappa shape index (κ2) is 10.2. The summed E-state index contributed by atoms with van der Waals surface area (Å²) < 4.78 is 4.68. The Balaban J connectivity index is 2.17. The molecule has 1 aliphatic carbocycles. The Morgan fingerprint density at radius 1 is 1.14 bits per heavy atom. The molecule has 0 saturated heterocycles. The van der Waals surface area contributed by atoms with Crippen molar-refractivity contribution < 1.29 is 19.1 Å². The van der Waals surface area contributed by atoms with Crippen molar-refractivity contribution >= 4 is 17.8 Å². The van der Waals surface area contributed by atoms with E-state index < -0.39 is 17.9 Å². The minimum Gasteiger partial charge on any atom is -0.465 e. The molecule has 0 bridgehead atoms. The predicted octanol–water partition coefficient (Wildman–Crippen LogP) is 0.0796. The SMILES string of the molecule is CCOC(=O)CNC(=O)CNC(=O)[C@@H](N)CC1CCCCC1. The molecule has 0 aromatic rings. The Kier molecular flexibility index (Phi) is 8.50. The Morgan fingerprint density at radius 2 is 1.82 bits per heavy atom. The maximum atomic E-state index is 11.9. The fourth-order valence-electron chi connectivity index (χ4n) is 2.63. The zero-order valence-electron chi connectivity index (χ0n) is 13.2. The molecule has 0 radical (unpaired) electrons. The second-order valence-corrected chi connectivity index (χ2v) is 5.65. The van der Waals surface area contributed by atoms with Gasteiger partial charge in [-0.15, -0.1) is 0 Å². The largest absolute Gasteiger partial charge is 0.465 e. The second-order valence-electron chi connectivity index (χ2n) is 5.65. The molecule has 1 aliphatic rings. The van der Waals surface area contributed by atoms with E-state index in [1.165, 1.54) is 19.3 Å². The Bertz CT molecular complexity index is 381. The predicted molar refractivity (Wildman–Crippen MR) is 81.8 cm³/mol. The van der Waals surface area contributed by atoms with Gasteiger partial charge in [-0.05, 0) is 19.3 Å². The van der Waals surface area contributed by atoms with Crippen LogP contribution in [0.4, 0.5) is 0 Å². The van der Waals surface area contributed by atoms with Crippen molar-refractivity contribution in [3.63, 3.8) is 0 Å². The molecule has 0 aliphatic heterocycles. The third-order valence-corrected chi connectivity index (χ3v) is 3.81. The third kappa shape index (κ3) is 7.40. The van der Waals surface area contributed by atoms with Gasteiger partial charge >= 0.3 is 5.97 Å². The van der Waals surface area contributed by atoms with E-state index in [1.807, 2.05) is 0 Å². The molecule has 1 fully saturated rings. The average Bonchev–Trinajstić information content (AvgIpc) is 2.51. The molecular weight excluding hydrogens is 286 g/mol. The van der Waals surface area contributed by atoms with Crippen LogP contribution >= 0.6 is 0 Å². The monoisotopic (exact) mass is 313 g/mol. The molecule has 0 unspecified atom stereocenters. The van der Waals surface area contributed by atoms with Crippen molar-refractivity contribution in [3.05, 3.63) is 0 Å². The molecule has 1 rings (SSSR count). The number of hydrogen-bond donors (Lipinski definition) is 3. The molecule has 0 aromatic carbocycles. The van der Waals surface area contributed by atoms with Gasteiger partial charge in [0.25, 0.3) is 0 Å². The number of carbonyl (C=O) groups is 3. The number of amides is 2. The van der Waals surface area contributed by atoms with Gasteiger partial charge in [0, 0.05) is 0 Å². The first kappa shape index (κ1) is 18.4. The van der Waals surface area contributed by atoms with Gasteiger partial charge in [-0.2, -0.15) is 0 Å². The molecule has 0 spiro atoms. The highest BCUT2D eigenvalue weighted by Gasteiger charge is 2.21. The maximum absolute atomic E-state index is 11.9. The number of esters is 1. The van der Waals surface area contributed by atoms with Gasteiger partial charge in [-0.1, -0.05) is 32.1 Å². The lowest BCUT2D eigenvalue weighted by atomic mass is 9.85. The zero-order chi connectivity index (χ0) is 16.4. The van der Waals surface area contributed by atoms with Crippen molar-refractivity contribution in [2.24, 2.45) is 11.7 Å². The van der Waals surface area contributed by atoms with Crippen LogP contribution in [0, 0.1) is 5.92 Å². The van der Waals surface area contributed by atoms with E-state index in [4.69, 9.17) is 5.73 Å². The third-order valence-electron chi connectivity index (χ3n) is 3.81. The van der Waals surface area contributed by atoms with Crippen LogP contribution < -0.4 is 16.4 Å². The molecule has 22 heavy (non-hydrogen) atoms. The van der Waals surface area contributed by atoms with E-state index in [9.17, 15) is 14.4 Å². The van der Waals surface area contributed by atoms with Crippen molar-refractivity contribution in [2.45, 2.75) is 51.5 Å². The molecule has 4 N–H and O–H groups in total. The quantitative estimate of drug-likeness (QED) is 0.550. The lowest BCUT2D eigenvalue weighted by molar-refractivity contribution is -0.143. The molecule has 7 nitrogen and oxygen atoms in total. The van der Waals surface area contributed by atoms with Gasteiger partial charge in [0.15, 0.2) is 0 Å². The molecule has 7 heteroatoms. The summed E-state index contributed by atoms with van der Waals surface area (Å²) in [5.74, 6) is -0.758. The first-order valence-corrected chi connectivity index (χ1v) is 7.98. The summed E-state index contributed by atoms with van der Waals surface area (Å²) in [6.07, 6.45) is 6.58. The van der Waals surface area contributed by atoms with Gasteiger partial charge in [0.2, 0.25) is 11.8 Å². The van der Waals surface area contributed by atoms with Gasteiger partial charge in [0.1, 0.15) is 6.54 Å². The zero-order valence-corrected chi connectivity index (χ0v) is 13.2. The number of rotatable bonds is 8. The maximum Gasteiger partial charge on any atom is 0.325 e. The molecule has 1 atom stereocenters. The van der Waals surface area contributed by atoms with Gasteiger partial charge in [-0.3, -0.25) is 14.4 Å². The first-order valence-electron chi connectivity index (χ1n) is 7.98. The fourth-order valence-corrected chi connectivity index (χ4v) is 2.63. The van der Waals surface area contributed by atoms with Gasteiger partial charge in [0.05, 0.1) is 19.2 Å². The topological polar surface area (TPSA) is 111 Å². The van der Waals surface area contributed by atoms with E-state index >= 15 is 0 Å². The summed E-state index contributed by atoms with van der Waals surface area (Å²) in [6.45, 7) is 1.57. The van der Waals surface area contributed by atoms with Gasteiger partial charge < -0.3 is 21.1 Å². The van der Waals surface area contributed by atoms with E-state index in [0.717, 1.165) is 12.8 Å². The van der Waals surface area contributed by atoms with E-state index in [2.05, 4.69) is 15.4 Å². The molecule has 0 aromatic heterocycles. The highest BCUT2D eigenvalue weighted by Crippen LogP contribution is 2.26. The molecular formula is C15H27N3O4. The molecule has 2 amide bonds. The normalized spacial score (nSPS) is 16.6. The highest BCUT2D eigenvalue weighted by molar-refractivity contribution is 5.88. The minimum atomic E-state index is -0.582. The lowest BCUT2D eigenvalue weighted by Gasteiger charge is -2.24. The standard InChI is InChI=1S/C15H27N3O4/c1-2-22-14(20)10-17-13(19)9-18-15(21)12(16)8-11-6-4-3-5-7-11/h11-12H,2-10,16H2,1H3,(H,17,19)(H,18,21)/t12-/m0/s1. The van der Waals surface area contributed by atoms with Crippen molar-refractivity contribution in [1.82, 2.24) is 10.6 Å². The van der Waals surface area contributed by atoms with E-state index in [-0.39, 0.29) is 25.6 Å². The lowest BCUT2D eigenvalue weighted by Crippen LogP contribution is -2.46. The summed E-state index contributed by atoms with van der Waals surface area (Å²) in [5.41, 5.74) is 5.88. The van der Waals surface area contributed by atoms with Crippen LogP contribution in [-0.2, 0) is 19.1 Å². The van der Waals surface area contributed by atoms with Crippen LogP contribution in [0.3, 0.4) is 0 Å². The molecule has 1 saturated carbocycles. The van der Waals surface area contributed by atoms with Crippen molar-refractivity contribution in [1.29, 1.82) is 0 Å². The number of hydrogen-bond acceptors (Lipinski definition) is 5. The van der Waals surface area contributed by atoms with Crippen LogP contribution in [-0.4, -0.2) is 43.5 Å². The number of ether oxygens (including phenoxy) is 1. The molecule has 0 heterocycles. The molecule has 126 valence electrons. The number of nitrogens with one attached hydrogen (secondary N) is 2. The van der Waals surface area contributed by atoms with Crippen LogP contribution in [0.15, 0.2) is 0 Å². The average molecular weight is 313 g/mol. The summed E-state index contributed by atoms with van der Waals surface area (Å²) in [6, 6.07) is -0.582. The summed E-state index contributed by atoms with van der Waals surface area (Å²) >= 11 is 0. The van der Waals surface area contributed by atoms with Crippen molar-refractivity contribution in [2.75, 3.05) is 19.7 Å². The Labute approximate surface area is 131 Å². The summed E-state index contributed by atoms with van der Waals surface area (Å²) in [5, 5.41) is 4.87. The smallest absolute Gasteiger partial charge is 0.325 e. The summed E-state index contributed by atoms with van der Waals surface area (Å²) in [4.78, 5) is 34.4. The number of carbonyl (C=O) groups excluding carboxylic acids is 3. The van der Waals surface area contributed by atoms with Crippen LogP contribution in [0.25, 0.3) is 0 Å². The van der Waals surface area contributed by atoms with Crippen molar-refractivity contribution in [3.8, 4) is 0 Å². The fraction of sp³-hybridized carbons (Fsp3) is 0.800. The van der Waals surface area contributed by atoms with Gasteiger partial charge in [-0.25, -0.2) is 0 Å². The summed E-state index contributed by atoms with van der Waals surface area (Å²) in [7, 11) is 0. The van der Waals surface area contributed by atoms with E-state index in [0.29, 0.717) is 12.3 Å². The van der Waals surface area contributed by atoms with Crippen LogP contribution in [0.1, 0.15) is 45.4 Å². The highest BCUT2D eigenvalue weighted by atomic mass is 16.5. The Morgan fingerprint density at radius 3 is 2.45 bits per heavy atom. The van der Waals surface area contributed by atoms with Crippen LogP contribution in [0.5, 0.6) is 0 Å². The minimum absolute atomic E-state index is 0.184. The van der Waals surface area contributed by atoms with Crippen LogP contribution in [0.2, 0.25) is 0 Å². The van der Waals surface area contributed by atoms with E-state index in [1.54, 1.807) is 6.92 Å². The number of nitrogens with two attached hydrogens (primary N) is 1. The first-order chi connectivity index (χ1) is 10.5.